The summed E-state index contributed by atoms with van der Waals surface area (Å²) in [5, 5.41) is 13.5. The van der Waals surface area contributed by atoms with Gasteiger partial charge in [0.15, 0.2) is 0 Å². The Labute approximate surface area is 118 Å². The average molecular weight is 278 g/mol. The first-order chi connectivity index (χ1) is 9.70. The average Bonchev–Trinajstić information content (AvgIpc) is 3.23. The highest BCUT2D eigenvalue weighted by molar-refractivity contribution is 5.81. The number of aliphatic hydroxyl groups is 1. The van der Waals surface area contributed by atoms with E-state index in [1.807, 2.05) is 11.8 Å². The first-order valence-corrected chi connectivity index (χ1v) is 7.53. The Kier molecular flexibility index (Phi) is 3.74. The van der Waals surface area contributed by atoms with Crippen molar-refractivity contribution in [3.8, 4) is 0 Å². The molecule has 1 aliphatic carbocycles. The zero-order valence-corrected chi connectivity index (χ0v) is 12.0. The van der Waals surface area contributed by atoms with Crippen LogP contribution in [0.2, 0.25) is 0 Å². The summed E-state index contributed by atoms with van der Waals surface area (Å²) in [6, 6.07) is 0.0320. The summed E-state index contributed by atoms with van der Waals surface area (Å²) in [7, 11) is 0. The number of aryl methyl sites for hydroxylation is 1. The maximum atomic E-state index is 12.4. The third kappa shape index (κ3) is 2.57. The first-order valence-electron chi connectivity index (χ1n) is 7.53. The molecule has 1 saturated heterocycles. The molecule has 0 bridgehead atoms. The van der Waals surface area contributed by atoms with Crippen LogP contribution in [0.25, 0.3) is 0 Å². The Morgan fingerprint density at radius 1 is 1.35 bits per heavy atom. The Hall–Kier alpha value is -1.43. The van der Waals surface area contributed by atoms with Crippen molar-refractivity contribution in [3.05, 3.63) is 11.6 Å². The number of amides is 1. The standard InChI is InChI=1S/C14H22N4O2/c1-10-15-13(18(16-10)8-9-19)12-4-2-3-7-17(12)14(20)11-5-6-11/h11-12,19H,2-9H2,1H3/t12-/m0/s1. The van der Waals surface area contributed by atoms with E-state index < -0.39 is 0 Å². The molecule has 1 aromatic rings. The van der Waals surface area contributed by atoms with Crippen LogP contribution in [0.15, 0.2) is 0 Å². The molecular weight excluding hydrogens is 256 g/mol. The lowest BCUT2D eigenvalue weighted by atomic mass is 10.0. The lowest BCUT2D eigenvalue weighted by Gasteiger charge is -2.35. The Morgan fingerprint density at radius 2 is 2.15 bits per heavy atom. The highest BCUT2D eigenvalue weighted by Gasteiger charge is 2.39. The highest BCUT2D eigenvalue weighted by Crippen LogP contribution is 2.37. The van der Waals surface area contributed by atoms with Crippen LogP contribution in [0.5, 0.6) is 0 Å². The van der Waals surface area contributed by atoms with E-state index in [9.17, 15) is 4.79 Å². The molecule has 1 atom stereocenters. The van der Waals surface area contributed by atoms with Gasteiger partial charge in [-0.1, -0.05) is 0 Å². The second-order valence-corrected chi connectivity index (χ2v) is 5.78. The second kappa shape index (κ2) is 5.52. The van der Waals surface area contributed by atoms with Crippen LogP contribution < -0.4 is 0 Å². The van der Waals surface area contributed by atoms with Gasteiger partial charge in [-0.15, -0.1) is 0 Å². The molecule has 1 amide bonds. The highest BCUT2D eigenvalue weighted by atomic mass is 16.3. The maximum absolute atomic E-state index is 12.4. The van der Waals surface area contributed by atoms with Gasteiger partial charge in [0.05, 0.1) is 19.2 Å². The van der Waals surface area contributed by atoms with Crippen molar-refractivity contribution in [1.82, 2.24) is 19.7 Å². The molecular formula is C14H22N4O2. The number of rotatable bonds is 4. The summed E-state index contributed by atoms with van der Waals surface area (Å²) in [5.74, 6) is 2.07. The zero-order valence-electron chi connectivity index (χ0n) is 12.0. The van der Waals surface area contributed by atoms with Crippen molar-refractivity contribution in [2.45, 2.75) is 51.6 Å². The lowest BCUT2D eigenvalue weighted by Crippen LogP contribution is -2.40. The zero-order chi connectivity index (χ0) is 14.1. The Bertz CT molecular complexity index is 495. The number of aromatic nitrogens is 3. The van der Waals surface area contributed by atoms with Crippen LogP contribution in [-0.4, -0.2) is 43.8 Å². The van der Waals surface area contributed by atoms with Crippen molar-refractivity contribution in [3.63, 3.8) is 0 Å². The molecule has 3 rings (SSSR count). The Balaban J connectivity index is 1.86. The van der Waals surface area contributed by atoms with Crippen molar-refractivity contribution >= 4 is 5.91 Å². The van der Waals surface area contributed by atoms with Gasteiger partial charge in [-0.2, -0.15) is 5.10 Å². The van der Waals surface area contributed by atoms with Crippen molar-refractivity contribution in [2.24, 2.45) is 5.92 Å². The molecule has 2 aliphatic rings. The van der Waals surface area contributed by atoms with Crippen LogP contribution >= 0.6 is 0 Å². The fraction of sp³-hybridized carbons (Fsp3) is 0.786. The SMILES string of the molecule is Cc1nc([C@@H]2CCCCN2C(=O)C2CC2)n(CCO)n1. The maximum Gasteiger partial charge on any atom is 0.226 e. The first kappa shape index (κ1) is 13.5. The van der Waals surface area contributed by atoms with Gasteiger partial charge >= 0.3 is 0 Å². The number of nitrogens with zero attached hydrogens (tertiary/aromatic N) is 4. The van der Waals surface area contributed by atoms with Gasteiger partial charge in [0, 0.05) is 12.5 Å². The van der Waals surface area contributed by atoms with E-state index in [2.05, 4.69) is 10.1 Å². The summed E-state index contributed by atoms with van der Waals surface area (Å²) in [6.07, 6.45) is 5.20. The number of likely N-dealkylation sites (tertiary alicyclic amines) is 1. The second-order valence-electron chi connectivity index (χ2n) is 5.78. The van der Waals surface area contributed by atoms with E-state index in [1.54, 1.807) is 4.68 Å². The molecule has 20 heavy (non-hydrogen) atoms. The molecule has 1 saturated carbocycles. The van der Waals surface area contributed by atoms with E-state index in [0.717, 1.165) is 44.5 Å². The van der Waals surface area contributed by atoms with Crippen LogP contribution in [0.3, 0.4) is 0 Å². The van der Waals surface area contributed by atoms with Gasteiger partial charge in [0.2, 0.25) is 5.91 Å². The quantitative estimate of drug-likeness (QED) is 0.893. The van der Waals surface area contributed by atoms with Crippen LogP contribution in [-0.2, 0) is 11.3 Å². The van der Waals surface area contributed by atoms with E-state index in [1.165, 1.54) is 0 Å². The van der Waals surface area contributed by atoms with Gasteiger partial charge in [-0.3, -0.25) is 4.79 Å². The van der Waals surface area contributed by atoms with Crippen molar-refractivity contribution in [2.75, 3.05) is 13.2 Å². The topological polar surface area (TPSA) is 71.2 Å². The molecule has 6 heteroatoms. The molecule has 110 valence electrons. The third-order valence-corrected chi connectivity index (χ3v) is 4.13. The lowest BCUT2D eigenvalue weighted by molar-refractivity contribution is -0.136. The summed E-state index contributed by atoms with van der Waals surface area (Å²) < 4.78 is 1.76. The Morgan fingerprint density at radius 3 is 2.85 bits per heavy atom. The molecule has 0 aromatic carbocycles. The molecule has 1 aromatic heterocycles. The minimum absolute atomic E-state index is 0.0320. The van der Waals surface area contributed by atoms with Crippen LogP contribution in [0.1, 0.15) is 49.8 Å². The van der Waals surface area contributed by atoms with Crippen LogP contribution in [0, 0.1) is 12.8 Å². The number of carbonyl (C=O) groups excluding carboxylic acids is 1. The number of piperidine rings is 1. The fourth-order valence-electron chi connectivity index (χ4n) is 3.01. The number of hydrogen-bond acceptors (Lipinski definition) is 4. The minimum Gasteiger partial charge on any atom is -0.394 e. The predicted molar refractivity (Wildman–Crippen MR) is 72.9 cm³/mol. The van der Waals surface area contributed by atoms with Gasteiger partial charge in [-0.05, 0) is 39.0 Å². The summed E-state index contributed by atoms with van der Waals surface area (Å²) in [5.41, 5.74) is 0. The molecule has 1 aliphatic heterocycles. The molecule has 0 radical (unpaired) electrons. The van der Waals surface area contributed by atoms with Gasteiger partial charge in [0.25, 0.3) is 0 Å². The molecule has 0 unspecified atom stereocenters. The predicted octanol–water partition coefficient (Wildman–Crippen LogP) is 1.04. The fourth-order valence-corrected chi connectivity index (χ4v) is 3.01. The van der Waals surface area contributed by atoms with E-state index >= 15 is 0 Å². The number of carbonyl (C=O) groups is 1. The molecule has 1 N–H and O–H groups in total. The van der Waals surface area contributed by atoms with E-state index in [-0.39, 0.29) is 24.5 Å². The largest absolute Gasteiger partial charge is 0.394 e. The third-order valence-electron chi connectivity index (χ3n) is 4.13. The van der Waals surface area contributed by atoms with Gasteiger partial charge in [-0.25, -0.2) is 9.67 Å². The molecule has 0 spiro atoms. The normalized spacial score (nSPS) is 23.1. The smallest absolute Gasteiger partial charge is 0.226 e. The number of hydrogen-bond donors (Lipinski definition) is 1. The molecule has 6 nitrogen and oxygen atoms in total. The van der Waals surface area contributed by atoms with Crippen LogP contribution in [0.4, 0.5) is 0 Å². The summed E-state index contributed by atoms with van der Waals surface area (Å²) >= 11 is 0. The van der Waals surface area contributed by atoms with Crippen molar-refractivity contribution in [1.29, 1.82) is 0 Å². The minimum atomic E-state index is 0.0320. The molecule has 2 heterocycles. The summed E-state index contributed by atoms with van der Waals surface area (Å²) in [4.78, 5) is 18.9. The van der Waals surface area contributed by atoms with E-state index in [0.29, 0.717) is 12.4 Å². The monoisotopic (exact) mass is 278 g/mol. The molecule has 2 fully saturated rings. The number of aliphatic hydroxyl groups excluding tert-OH is 1. The van der Waals surface area contributed by atoms with E-state index in [4.69, 9.17) is 5.11 Å². The van der Waals surface area contributed by atoms with Gasteiger partial charge < -0.3 is 10.0 Å². The van der Waals surface area contributed by atoms with Crippen molar-refractivity contribution < 1.29 is 9.90 Å². The van der Waals surface area contributed by atoms with Gasteiger partial charge in [0.1, 0.15) is 11.6 Å². The summed E-state index contributed by atoms with van der Waals surface area (Å²) in [6.45, 7) is 3.16.